The summed E-state index contributed by atoms with van der Waals surface area (Å²) in [6, 6.07) is 2.29. The van der Waals surface area contributed by atoms with Crippen molar-refractivity contribution in [3.63, 3.8) is 0 Å². The van der Waals surface area contributed by atoms with Crippen LogP contribution in [-0.4, -0.2) is 4.75 Å². The lowest BCUT2D eigenvalue weighted by molar-refractivity contribution is 0.914. The SMILES string of the molecule is CC/C=C(\CC)SC(C)(C)C#N. The molecule has 68 valence electrons. The third-order valence-electron chi connectivity index (χ3n) is 1.44. The topological polar surface area (TPSA) is 23.8 Å². The third-order valence-corrected chi connectivity index (χ3v) is 2.75. The van der Waals surface area contributed by atoms with Crippen molar-refractivity contribution >= 4 is 11.8 Å². The minimum absolute atomic E-state index is 0.281. The van der Waals surface area contributed by atoms with Crippen LogP contribution in [0.15, 0.2) is 11.0 Å². The van der Waals surface area contributed by atoms with Crippen LogP contribution in [0, 0.1) is 11.3 Å². The maximum absolute atomic E-state index is 8.81. The van der Waals surface area contributed by atoms with Gasteiger partial charge in [-0.25, -0.2) is 0 Å². The highest BCUT2D eigenvalue weighted by atomic mass is 32.2. The van der Waals surface area contributed by atoms with E-state index in [0.29, 0.717) is 0 Å². The van der Waals surface area contributed by atoms with Gasteiger partial charge in [0.2, 0.25) is 0 Å². The van der Waals surface area contributed by atoms with Crippen LogP contribution < -0.4 is 0 Å². The van der Waals surface area contributed by atoms with Gasteiger partial charge < -0.3 is 0 Å². The molecule has 0 spiro atoms. The summed E-state index contributed by atoms with van der Waals surface area (Å²) in [7, 11) is 0. The molecule has 12 heavy (non-hydrogen) atoms. The summed E-state index contributed by atoms with van der Waals surface area (Å²) in [5.74, 6) is 0. The molecule has 0 atom stereocenters. The normalized spacial score (nSPS) is 12.8. The molecule has 0 heterocycles. The summed E-state index contributed by atoms with van der Waals surface area (Å²) in [6.07, 6.45) is 4.28. The van der Waals surface area contributed by atoms with Crippen molar-refractivity contribution in [1.29, 1.82) is 5.26 Å². The Balaban J connectivity index is 4.23. The van der Waals surface area contributed by atoms with Crippen molar-refractivity contribution in [2.75, 3.05) is 0 Å². The van der Waals surface area contributed by atoms with Crippen molar-refractivity contribution in [3.05, 3.63) is 11.0 Å². The number of allylic oxidation sites excluding steroid dienone is 2. The monoisotopic (exact) mass is 183 g/mol. The van der Waals surface area contributed by atoms with Crippen LogP contribution in [0.2, 0.25) is 0 Å². The van der Waals surface area contributed by atoms with E-state index in [1.165, 1.54) is 4.91 Å². The number of thioether (sulfide) groups is 1. The minimum atomic E-state index is -0.281. The molecule has 0 unspecified atom stereocenters. The molecule has 0 aliphatic heterocycles. The number of nitrogens with zero attached hydrogens (tertiary/aromatic N) is 1. The second-order valence-electron chi connectivity index (χ2n) is 3.16. The first kappa shape index (κ1) is 11.6. The van der Waals surface area contributed by atoms with Crippen LogP contribution in [0.25, 0.3) is 0 Å². The number of rotatable bonds is 4. The Morgan fingerprint density at radius 3 is 2.42 bits per heavy atom. The predicted octanol–water partition coefficient (Wildman–Crippen LogP) is 3.73. The standard InChI is InChI=1S/C10H17NS/c1-5-7-9(6-2)12-10(3,4)8-11/h7H,5-6H2,1-4H3/b9-7+. The molecule has 0 radical (unpaired) electrons. The lowest BCUT2D eigenvalue weighted by Gasteiger charge is -2.15. The average molecular weight is 183 g/mol. The number of hydrogen-bond donors (Lipinski definition) is 0. The zero-order valence-corrected chi connectivity index (χ0v) is 9.16. The largest absolute Gasteiger partial charge is 0.197 e. The Bertz CT molecular complexity index is 198. The Kier molecular flexibility index (Phi) is 5.08. The van der Waals surface area contributed by atoms with Gasteiger partial charge in [0, 0.05) is 0 Å². The van der Waals surface area contributed by atoms with E-state index in [1.54, 1.807) is 11.8 Å². The molecule has 0 N–H and O–H groups in total. The molecule has 0 amide bonds. The molecule has 0 rings (SSSR count). The summed E-state index contributed by atoms with van der Waals surface area (Å²) in [4.78, 5) is 1.32. The molecule has 0 fully saturated rings. The fraction of sp³-hybridized carbons (Fsp3) is 0.700. The summed E-state index contributed by atoms with van der Waals surface area (Å²) >= 11 is 1.67. The minimum Gasteiger partial charge on any atom is -0.197 e. The fourth-order valence-electron chi connectivity index (χ4n) is 0.836. The third kappa shape index (κ3) is 4.46. The maximum atomic E-state index is 8.81. The number of nitriles is 1. The second-order valence-corrected chi connectivity index (χ2v) is 4.91. The van der Waals surface area contributed by atoms with Crippen molar-refractivity contribution in [3.8, 4) is 6.07 Å². The van der Waals surface area contributed by atoms with E-state index in [4.69, 9.17) is 5.26 Å². The van der Waals surface area contributed by atoms with Crippen molar-refractivity contribution in [1.82, 2.24) is 0 Å². The van der Waals surface area contributed by atoms with Crippen LogP contribution in [0.1, 0.15) is 40.5 Å². The van der Waals surface area contributed by atoms with Gasteiger partial charge in [-0.15, -0.1) is 11.8 Å². The van der Waals surface area contributed by atoms with Gasteiger partial charge in [-0.05, 0) is 31.6 Å². The predicted molar refractivity (Wildman–Crippen MR) is 55.9 cm³/mol. The van der Waals surface area contributed by atoms with Crippen LogP contribution in [0.3, 0.4) is 0 Å². The summed E-state index contributed by atoms with van der Waals surface area (Å²) < 4.78 is -0.281. The van der Waals surface area contributed by atoms with Gasteiger partial charge in [0.25, 0.3) is 0 Å². The van der Waals surface area contributed by atoms with E-state index in [1.807, 2.05) is 13.8 Å². The first-order valence-electron chi connectivity index (χ1n) is 4.35. The molecule has 0 bridgehead atoms. The van der Waals surface area contributed by atoms with Gasteiger partial charge in [-0.1, -0.05) is 19.9 Å². The molecule has 0 aromatic rings. The van der Waals surface area contributed by atoms with E-state index in [0.717, 1.165) is 12.8 Å². The van der Waals surface area contributed by atoms with Gasteiger partial charge in [-0.3, -0.25) is 0 Å². The molecule has 0 aliphatic carbocycles. The highest BCUT2D eigenvalue weighted by Crippen LogP contribution is 2.32. The maximum Gasteiger partial charge on any atom is 0.101 e. The van der Waals surface area contributed by atoms with Crippen molar-refractivity contribution in [2.24, 2.45) is 0 Å². The summed E-state index contributed by atoms with van der Waals surface area (Å²) in [5.41, 5.74) is 0. The van der Waals surface area contributed by atoms with E-state index >= 15 is 0 Å². The lowest BCUT2D eigenvalue weighted by atomic mass is 10.2. The van der Waals surface area contributed by atoms with Crippen LogP contribution >= 0.6 is 11.8 Å². The molecule has 1 nitrogen and oxygen atoms in total. The Labute approximate surface area is 79.8 Å². The first-order valence-corrected chi connectivity index (χ1v) is 5.16. The zero-order valence-electron chi connectivity index (χ0n) is 8.35. The van der Waals surface area contributed by atoms with Crippen molar-refractivity contribution in [2.45, 2.75) is 45.3 Å². The van der Waals surface area contributed by atoms with Crippen LogP contribution in [0.4, 0.5) is 0 Å². The van der Waals surface area contributed by atoms with Gasteiger partial charge >= 0.3 is 0 Å². The molecule has 0 aromatic heterocycles. The Hall–Kier alpha value is -0.420. The Morgan fingerprint density at radius 2 is 2.08 bits per heavy atom. The molecule has 2 heteroatoms. The first-order chi connectivity index (χ1) is 5.55. The van der Waals surface area contributed by atoms with E-state index in [2.05, 4.69) is 26.0 Å². The van der Waals surface area contributed by atoms with E-state index < -0.39 is 0 Å². The molecular formula is C10H17NS. The van der Waals surface area contributed by atoms with Gasteiger partial charge in [0.1, 0.15) is 4.75 Å². The molecule has 0 saturated carbocycles. The lowest BCUT2D eigenvalue weighted by Crippen LogP contribution is -2.10. The summed E-state index contributed by atoms with van der Waals surface area (Å²) in [5, 5.41) is 8.81. The van der Waals surface area contributed by atoms with E-state index in [9.17, 15) is 0 Å². The quantitative estimate of drug-likeness (QED) is 0.663. The number of hydrogen-bond acceptors (Lipinski definition) is 2. The summed E-state index contributed by atoms with van der Waals surface area (Å²) in [6.45, 7) is 8.16. The van der Waals surface area contributed by atoms with Crippen LogP contribution in [0.5, 0.6) is 0 Å². The molecule has 0 saturated heterocycles. The Morgan fingerprint density at radius 1 is 1.50 bits per heavy atom. The van der Waals surface area contributed by atoms with Crippen molar-refractivity contribution < 1.29 is 0 Å². The van der Waals surface area contributed by atoms with E-state index in [-0.39, 0.29) is 4.75 Å². The smallest absolute Gasteiger partial charge is 0.101 e. The molecule has 0 aliphatic rings. The highest BCUT2D eigenvalue weighted by molar-refractivity contribution is 8.04. The van der Waals surface area contributed by atoms with Gasteiger partial charge in [0.05, 0.1) is 6.07 Å². The average Bonchev–Trinajstić information content (AvgIpc) is 2.03. The van der Waals surface area contributed by atoms with Gasteiger partial charge in [-0.2, -0.15) is 5.26 Å². The fourth-order valence-corrected chi connectivity index (χ4v) is 1.93. The van der Waals surface area contributed by atoms with Gasteiger partial charge in [0.15, 0.2) is 0 Å². The molecular weight excluding hydrogens is 166 g/mol. The van der Waals surface area contributed by atoms with Crippen LogP contribution in [-0.2, 0) is 0 Å². The second kappa shape index (κ2) is 5.27. The zero-order chi connectivity index (χ0) is 9.61. The molecule has 0 aromatic carbocycles. The highest BCUT2D eigenvalue weighted by Gasteiger charge is 2.18.